The number of pyridine rings is 1. The average molecular weight is 264 g/mol. The van der Waals surface area contributed by atoms with E-state index in [-0.39, 0.29) is 11.9 Å². The first kappa shape index (κ1) is 13.8. The van der Waals surface area contributed by atoms with Crippen molar-refractivity contribution in [1.82, 2.24) is 10.3 Å². The Labute approximate surface area is 113 Å². The Morgan fingerprint density at radius 1 is 1.42 bits per heavy atom. The van der Waals surface area contributed by atoms with E-state index < -0.39 is 6.10 Å². The molecule has 0 aliphatic heterocycles. The molecule has 1 amide bonds. The van der Waals surface area contributed by atoms with Crippen LogP contribution in [-0.4, -0.2) is 35.3 Å². The Bertz CT molecular complexity index is 462. The lowest BCUT2D eigenvalue weighted by Gasteiger charge is -2.28. The summed E-state index contributed by atoms with van der Waals surface area (Å²) < 4.78 is 5.01. The number of aryl methyl sites for hydroxylation is 1. The second kappa shape index (κ2) is 6.02. The smallest absolute Gasteiger partial charge is 0.253 e. The summed E-state index contributed by atoms with van der Waals surface area (Å²) in [6.45, 7) is 1.77. The fourth-order valence-electron chi connectivity index (χ4n) is 2.42. The number of nitrogens with one attached hydrogen (secondary N) is 1. The third-order valence-corrected chi connectivity index (χ3v) is 3.56. The Hall–Kier alpha value is -1.62. The van der Waals surface area contributed by atoms with Crippen LogP contribution in [0.25, 0.3) is 0 Å². The maximum Gasteiger partial charge on any atom is 0.253 e. The van der Waals surface area contributed by atoms with Crippen molar-refractivity contribution in [2.75, 3.05) is 7.11 Å². The molecule has 1 aliphatic carbocycles. The number of hydrogen-bond donors (Lipinski definition) is 2. The molecule has 104 valence electrons. The van der Waals surface area contributed by atoms with Crippen molar-refractivity contribution >= 4 is 5.91 Å². The molecule has 0 saturated heterocycles. The van der Waals surface area contributed by atoms with Gasteiger partial charge in [-0.2, -0.15) is 0 Å². The number of nitrogens with zero attached hydrogens (tertiary/aromatic N) is 1. The van der Waals surface area contributed by atoms with Crippen LogP contribution < -0.4 is 10.1 Å². The van der Waals surface area contributed by atoms with Gasteiger partial charge in [0.1, 0.15) is 0 Å². The largest absolute Gasteiger partial charge is 0.481 e. The molecule has 2 rings (SSSR count). The zero-order chi connectivity index (χ0) is 13.8. The van der Waals surface area contributed by atoms with Gasteiger partial charge in [0.15, 0.2) is 0 Å². The van der Waals surface area contributed by atoms with Crippen molar-refractivity contribution in [1.29, 1.82) is 0 Å². The quantitative estimate of drug-likeness (QED) is 0.866. The normalized spacial score (nSPS) is 22.9. The number of carbonyl (C=O) groups excluding carboxylic acids is 1. The molecule has 1 aliphatic rings. The fraction of sp³-hybridized carbons (Fsp3) is 0.571. The van der Waals surface area contributed by atoms with E-state index in [1.807, 2.05) is 0 Å². The highest BCUT2D eigenvalue weighted by Gasteiger charge is 2.25. The summed E-state index contributed by atoms with van der Waals surface area (Å²) in [6.07, 6.45) is 3.21. The van der Waals surface area contributed by atoms with Crippen LogP contribution in [0, 0.1) is 6.92 Å². The molecule has 19 heavy (non-hydrogen) atoms. The third kappa shape index (κ3) is 3.23. The standard InChI is InChI=1S/C14H20N2O3/c1-9-10(7-8-13(15-9)19-2)14(18)16-11-5-3-4-6-12(11)17/h7-8,11-12,17H,3-6H2,1-2H3,(H,16,18)/t11-,12-/m1/s1. The average Bonchev–Trinajstić information content (AvgIpc) is 2.41. The van der Waals surface area contributed by atoms with Crippen LogP contribution in [0.5, 0.6) is 5.88 Å². The summed E-state index contributed by atoms with van der Waals surface area (Å²) >= 11 is 0. The molecule has 2 N–H and O–H groups in total. The molecule has 0 unspecified atom stereocenters. The van der Waals surface area contributed by atoms with Gasteiger partial charge in [-0.1, -0.05) is 12.8 Å². The van der Waals surface area contributed by atoms with E-state index in [1.165, 1.54) is 0 Å². The molecule has 0 spiro atoms. The van der Waals surface area contributed by atoms with E-state index in [9.17, 15) is 9.90 Å². The number of rotatable bonds is 3. The predicted molar refractivity (Wildman–Crippen MR) is 71.3 cm³/mol. The monoisotopic (exact) mass is 264 g/mol. The highest BCUT2D eigenvalue weighted by atomic mass is 16.5. The van der Waals surface area contributed by atoms with Crippen molar-refractivity contribution < 1.29 is 14.6 Å². The van der Waals surface area contributed by atoms with E-state index in [0.29, 0.717) is 17.1 Å². The van der Waals surface area contributed by atoms with Gasteiger partial charge in [0.2, 0.25) is 5.88 Å². The molecule has 1 fully saturated rings. The summed E-state index contributed by atoms with van der Waals surface area (Å²) in [6, 6.07) is 3.22. The molecule has 1 aromatic rings. The summed E-state index contributed by atoms with van der Waals surface area (Å²) in [5.41, 5.74) is 1.15. The SMILES string of the molecule is COc1ccc(C(=O)N[C@@H]2CCCC[C@H]2O)c(C)n1. The number of ether oxygens (including phenoxy) is 1. The van der Waals surface area contributed by atoms with Gasteiger partial charge in [0, 0.05) is 6.07 Å². The lowest BCUT2D eigenvalue weighted by molar-refractivity contribution is 0.0716. The lowest BCUT2D eigenvalue weighted by atomic mass is 9.92. The number of aromatic nitrogens is 1. The molecule has 2 atom stereocenters. The molecule has 0 radical (unpaired) electrons. The van der Waals surface area contributed by atoms with E-state index in [4.69, 9.17) is 4.74 Å². The van der Waals surface area contributed by atoms with Crippen LogP contribution in [0.2, 0.25) is 0 Å². The van der Waals surface area contributed by atoms with Gasteiger partial charge in [0.05, 0.1) is 30.5 Å². The fourth-order valence-corrected chi connectivity index (χ4v) is 2.42. The van der Waals surface area contributed by atoms with E-state index in [0.717, 1.165) is 25.7 Å². The first-order valence-corrected chi connectivity index (χ1v) is 6.62. The highest BCUT2D eigenvalue weighted by Crippen LogP contribution is 2.19. The molecule has 1 saturated carbocycles. The van der Waals surface area contributed by atoms with Crippen LogP contribution in [-0.2, 0) is 0 Å². The molecular weight excluding hydrogens is 244 g/mol. The number of aliphatic hydroxyl groups is 1. The number of aliphatic hydroxyl groups excluding tert-OH is 1. The van der Waals surface area contributed by atoms with Crippen LogP contribution in [0.3, 0.4) is 0 Å². The Morgan fingerprint density at radius 3 is 2.79 bits per heavy atom. The van der Waals surface area contributed by atoms with E-state index >= 15 is 0 Å². The molecule has 5 heteroatoms. The molecular formula is C14H20N2O3. The minimum Gasteiger partial charge on any atom is -0.481 e. The van der Waals surface area contributed by atoms with Crippen molar-refractivity contribution in [3.63, 3.8) is 0 Å². The minimum absolute atomic E-state index is 0.150. The third-order valence-electron chi connectivity index (χ3n) is 3.56. The van der Waals surface area contributed by atoms with Crippen LogP contribution >= 0.6 is 0 Å². The van der Waals surface area contributed by atoms with Gasteiger partial charge in [-0.25, -0.2) is 4.98 Å². The van der Waals surface area contributed by atoms with Gasteiger partial charge in [-0.05, 0) is 25.8 Å². The maximum atomic E-state index is 12.2. The molecule has 5 nitrogen and oxygen atoms in total. The van der Waals surface area contributed by atoms with E-state index in [2.05, 4.69) is 10.3 Å². The molecule has 0 bridgehead atoms. The van der Waals surface area contributed by atoms with Crippen molar-refractivity contribution in [3.05, 3.63) is 23.4 Å². The molecule has 1 heterocycles. The lowest BCUT2D eigenvalue weighted by Crippen LogP contribution is -2.45. The minimum atomic E-state index is -0.441. The Balaban J connectivity index is 2.07. The first-order valence-electron chi connectivity index (χ1n) is 6.62. The summed E-state index contributed by atoms with van der Waals surface area (Å²) in [4.78, 5) is 16.4. The van der Waals surface area contributed by atoms with Gasteiger partial charge >= 0.3 is 0 Å². The Morgan fingerprint density at radius 2 is 2.16 bits per heavy atom. The zero-order valence-corrected chi connectivity index (χ0v) is 11.3. The van der Waals surface area contributed by atoms with Crippen LogP contribution in [0.1, 0.15) is 41.7 Å². The Kier molecular flexibility index (Phi) is 4.37. The summed E-state index contributed by atoms with van der Waals surface area (Å²) in [7, 11) is 1.54. The number of hydrogen-bond acceptors (Lipinski definition) is 4. The van der Waals surface area contributed by atoms with Crippen molar-refractivity contribution in [2.24, 2.45) is 0 Å². The van der Waals surface area contributed by atoms with Gasteiger partial charge in [-0.15, -0.1) is 0 Å². The maximum absolute atomic E-state index is 12.2. The van der Waals surface area contributed by atoms with Crippen molar-refractivity contribution in [3.8, 4) is 5.88 Å². The number of amides is 1. The second-order valence-electron chi connectivity index (χ2n) is 4.92. The predicted octanol–water partition coefficient (Wildman–Crippen LogP) is 1.43. The first-order chi connectivity index (χ1) is 9.11. The van der Waals surface area contributed by atoms with Gasteiger partial charge in [-0.3, -0.25) is 4.79 Å². The van der Waals surface area contributed by atoms with Crippen molar-refractivity contribution in [2.45, 2.75) is 44.8 Å². The molecule has 1 aromatic heterocycles. The highest BCUT2D eigenvalue weighted by molar-refractivity contribution is 5.95. The van der Waals surface area contributed by atoms with Crippen LogP contribution in [0.4, 0.5) is 0 Å². The summed E-state index contributed by atoms with van der Waals surface area (Å²) in [5.74, 6) is 0.311. The number of carbonyl (C=O) groups is 1. The van der Waals surface area contributed by atoms with Crippen LogP contribution in [0.15, 0.2) is 12.1 Å². The van der Waals surface area contributed by atoms with Gasteiger partial charge < -0.3 is 15.2 Å². The second-order valence-corrected chi connectivity index (χ2v) is 4.92. The van der Waals surface area contributed by atoms with E-state index in [1.54, 1.807) is 26.2 Å². The van der Waals surface area contributed by atoms with Gasteiger partial charge in [0.25, 0.3) is 5.91 Å². The number of methoxy groups -OCH3 is 1. The zero-order valence-electron chi connectivity index (χ0n) is 11.3. The molecule has 0 aromatic carbocycles. The topological polar surface area (TPSA) is 71.5 Å². The summed E-state index contributed by atoms with van der Waals surface area (Å²) in [5, 5.41) is 12.8.